The van der Waals surface area contributed by atoms with E-state index in [0.29, 0.717) is 0 Å². The van der Waals surface area contributed by atoms with E-state index in [-0.39, 0.29) is 0 Å². The molecule has 8 aromatic rings. The molecular weight excluding hydrogens is 573 g/mol. The fourth-order valence-electron chi connectivity index (χ4n) is 7.87. The van der Waals surface area contributed by atoms with Crippen LogP contribution in [-0.2, 0) is 0 Å². The SMILES string of the molecule is C1=C(c2ccc(C3=NC=C(c4ccc5ccc6cccc7ccc4c5c67)CC3)nc2)CCC=C1n1c2ccccc2c2ccncc21. The summed E-state index contributed by atoms with van der Waals surface area (Å²) in [5.41, 5.74) is 10.6. The number of fused-ring (bicyclic) bond motifs is 3. The number of pyridine rings is 2. The van der Waals surface area contributed by atoms with Crippen molar-refractivity contribution in [1.29, 1.82) is 0 Å². The van der Waals surface area contributed by atoms with Crippen molar-refractivity contribution >= 4 is 76.7 Å². The molecule has 5 aromatic carbocycles. The first kappa shape index (κ1) is 26.4. The fourth-order valence-corrected chi connectivity index (χ4v) is 7.87. The Morgan fingerprint density at radius 2 is 1.43 bits per heavy atom. The standard InChI is InChI=1S/C43H30N4/c1-2-10-40-35(9-1)36-21-22-44-26-41(36)47(40)33-8-4-7-30(23-33)31-15-19-38(45-24-31)39-20-16-32(25-46-39)34-17-13-29-12-11-27-5-3-6-28-14-18-37(34)43(29)42(27)28/h1-3,5-6,8-15,17-19,21-26H,4,7,16,20H2. The van der Waals surface area contributed by atoms with Crippen LogP contribution < -0.4 is 0 Å². The lowest BCUT2D eigenvalue weighted by molar-refractivity contribution is 1.03. The molecule has 0 saturated heterocycles. The predicted octanol–water partition coefficient (Wildman–Crippen LogP) is 10.8. The van der Waals surface area contributed by atoms with Crippen molar-refractivity contribution in [2.75, 3.05) is 0 Å². The zero-order valence-corrected chi connectivity index (χ0v) is 25.8. The van der Waals surface area contributed by atoms with E-state index in [0.717, 1.165) is 42.6 Å². The molecule has 10 rings (SSSR count). The third kappa shape index (κ3) is 4.11. The first-order chi connectivity index (χ1) is 23.3. The molecule has 0 N–H and O–H groups in total. The minimum Gasteiger partial charge on any atom is -0.308 e. The Morgan fingerprint density at radius 3 is 2.28 bits per heavy atom. The molecule has 4 heteroatoms. The first-order valence-corrected chi connectivity index (χ1v) is 16.4. The minimum atomic E-state index is 0.873. The number of aromatic nitrogens is 3. The van der Waals surface area contributed by atoms with Crippen molar-refractivity contribution in [2.24, 2.45) is 4.99 Å². The molecule has 1 aliphatic carbocycles. The maximum Gasteiger partial charge on any atom is 0.0844 e. The van der Waals surface area contributed by atoms with Crippen LogP contribution in [0.5, 0.6) is 0 Å². The number of hydrogen-bond donors (Lipinski definition) is 0. The Bertz CT molecular complexity index is 2600. The van der Waals surface area contributed by atoms with E-state index in [1.54, 1.807) is 0 Å². The van der Waals surface area contributed by atoms with Gasteiger partial charge in [-0.15, -0.1) is 0 Å². The van der Waals surface area contributed by atoms with Crippen LogP contribution in [0.1, 0.15) is 42.5 Å². The highest BCUT2D eigenvalue weighted by molar-refractivity contribution is 6.24. The highest BCUT2D eigenvalue weighted by Crippen LogP contribution is 2.40. The molecule has 0 saturated carbocycles. The Hall–Kier alpha value is -5.87. The number of hydrogen-bond acceptors (Lipinski definition) is 3. The average Bonchev–Trinajstić information content (AvgIpc) is 3.48. The van der Waals surface area contributed by atoms with E-state index in [9.17, 15) is 0 Å². The average molecular weight is 603 g/mol. The summed E-state index contributed by atoms with van der Waals surface area (Å²) in [6, 6.07) is 35.2. The van der Waals surface area contributed by atoms with Crippen molar-refractivity contribution in [1.82, 2.24) is 14.5 Å². The second kappa shape index (κ2) is 10.3. The van der Waals surface area contributed by atoms with Gasteiger partial charge < -0.3 is 4.57 Å². The van der Waals surface area contributed by atoms with Crippen LogP contribution >= 0.6 is 0 Å². The lowest BCUT2D eigenvalue weighted by atomic mass is 9.88. The molecule has 0 atom stereocenters. The lowest BCUT2D eigenvalue weighted by Gasteiger charge is -2.19. The molecule has 0 bridgehead atoms. The number of allylic oxidation sites excluding steroid dienone is 5. The molecule has 0 fully saturated rings. The third-order valence-corrected chi connectivity index (χ3v) is 10.1. The van der Waals surface area contributed by atoms with Gasteiger partial charge in [-0.05, 0) is 105 Å². The summed E-state index contributed by atoms with van der Waals surface area (Å²) in [5.74, 6) is 0. The summed E-state index contributed by atoms with van der Waals surface area (Å²) in [5, 5.41) is 10.4. The molecule has 0 radical (unpaired) electrons. The van der Waals surface area contributed by atoms with Gasteiger partial charge in [0.05, 0.1) is 28.6 Å². The van der Waals surface area contributed by atoms with Crippen LogP contribution in [0.25, 0.3) is 71.0 Å². The highest BCUT2D eigenvalue weighted by atomic mass is 15.0. The Balaban J connectivity index is 0.964. The Labute approximate surface area is 272 Å². The van der Waals surface area contributed by atoms with Crippen LogP contribution in [0.4, 0.5) is 0 Å². The van der Waals surface area contributed by atoms with E-state index in [4.69, 9.17) is 9.98 Å². The largest absolute Gasteiger partial charge is 0.308 e. The van der Waals surface area contributed by atoms with Gasteiger partial charge in [0.1, 0.15) is 0 Å². The minimum absolute atomic E-state index is 0.873. The van der Waals surface area contributed by atoms with E-state index in [1.807, 2.05) is 18.6 Å². The molecule has 0 spiro atoms. The number of rotatable bonds is 4. The first-order valence-electron chi connectivity index (χ1n) is 16.4. The number of benzene rings is 5. The number of aliphatic imine (C=N–C) groups is 1. The molecule has 3 aromatic heterocycles. The molecule has 222 valence electrons. The van der Waals surface area contributed by atoms with E-state index >= 15 is 0 Å². The molecule has 2 aliphatic rings. The summed E-state index contributed by atoms with van der Waals surface area (Å²) in [4.78, 5) is 14.4. The predicted molar refractivity (Wildman–Crippen MR) is 197 cm³/mol. The third-order valence-electron chi connectivity index (χ3n) is 10.1. The summed E-state index contributed by atoms with van der Waals surface area (Å²) in [6.07, 6.45) is 16.4. The molecule has 0 amide bonds. The molecule has 1 aliphatic heterocycles. The van der Waals surface area contributed by atoms with Crippen molar-refractivity contribution in [3.8, 4) is 0 Å². The molecule has 47 heavy (non-hydrogen) atoms. The second-order valence-corrected chi connectivity index (χ2v) is 12.7. The van der Waals surface area contributed by atoms with Crippen molar-refractivity contribution < 1.29 is 0 Å². The van der Waals surface area contributed by atoms with E-state index in [2.05, 4.69) is 125 Å². The topological polar surface area (TPSA) is 43.1 Å². The molecular formula is C43H30N4. The quantitative estimate of drug-likeness (QED) is 0.188. The van der Waals surface area contributed by atoms with Gasteiger partial charge in [-0.1, -0.05) is 84.9 Å². The molecule has 0 unspecified atom stereocenters. The monoisotopic (exact) mass is 602 g/mol. The van der Waals surface area contributed by atoms with Crippen LogP contribution in [0, 0.1) is 0 Å². The Morgan fingerprint density at radius 1 is 0.596 bits per heavy atom. The second-order valence-electron chi connectivity index (χ2n) is 12.7. The van der Waals surface area contributed by atoms with Crippen LogP contribution in [0.2, 0.25) is 0 Å². The maximum absolute atomic E-state index is 4.97. The van der Waals surface area contributed by atoms with Crippen LogP contribution in [0.15, 0.2) is 139 Å². The summed E-state index contributed by atoms with van der Waals surface area (Å²) in [7, 11) is 0. The van der Waals surface area contributed by atoms with E-state index < -0.39 is 0 Å². The zero-order valence-electron chi connectivity index (χ0n) is 25.8. The van der Waals surface area contributed by atoms with Gasteiger partial charge in [-0.3, -0.25) is 15.0 Å². The lowest BCUT2D eigenvalue weighted by Crippen LogP contribution is -2.08. The fraction of sp³-hybridized carbons (Fsp3) is 0.0930. The van der Waals surface area contributed by atoms with Gasteiger partial charge in [0.2, 0.25) is 0 Å². The van der Waals surface area contributed by atoms with Gasteiger partial charge >= 0.3 is 0 Å². The van der Waals surface area contributed by atoms with Gasteiger partial charge in [0.25, 0.3) is 0 Å². The zero-order chi connectivity index (χ0) is 30.9. The van der Waals surface area contributed by atoms with Gasteiger partial charge in [-0.25, -0.2) is 0 Å². The van der Waals surface area contributed by atoms with Crippen molar-refractivity contribution in [3.05, 3.63) is 151 Å². The summed E-state index contributed by atoms with van der Waals surface area (Å²) in [6.45, 7) is 0. The van der Waals surface area contributed by atoms with Crippen molar-refractivity contribution in [3.63, 3.8) is 0 Å². The van der Waals surface area contributed by atoms with Gasteiger partial charge in [0, 0.05) is 35.1 Å². The van der Waals surface area contributed by atoms with Gasteiger partial charge in [0.15, 0.2) is 0 Å². The highest BCUT2D eigenvalue weighted by Gasteiger charge is 2.19. The number of para-hydroxylation sites is 1. The van der Waals surface area contributed by atoms with Crippen LogP contribution in [-0.4, -0.2) is 20.2 Å². The molecule has 4 heterocycles. The molecule has 4 nitrogen and oxygen atoms in total. The summed E-state index contributed by atoms with van der Waals surface area (Å²) >= 11 is 0. The Kier molecular flexibility index (Phi) is 5.79. The van der Waals surface area contributed by atoms with E-state index in [1.165, 1.54) is 76.6 Å². The smallest absolute Gasteiger partial charge is 0.0844 e. The summed E-state index contributed by atoms with van der Waals surface area (Å²) < 4.78 is 2.35. The van der Waals surface area contributed by atoms with Crippen LogP contribution in [0.3, 0.4) is 0 Å². The van der Waals surface area contributed by atoms with Crippen molar-refractivity contribution in [2.45, 2.75) is 25.7 Å². The normalized spacial score (nSPS) is 15.4. The number of nitrogens with zero attached hydrogens (tertiary/aromatic N) is 4. The maximum atomic E-state index is 4.97. The van der Waals surface area contributed by atoms with Gasteiger partial charge in [-0.2, -0.15) is 0 Å².